The van der Waals surface area contributed by atoms with E-state index in [1.165, 1.54) is 5.56 Å². The summed E-state index contributed by atoms with van der Waals surface area (Å²) in [5, 5.41) is 8.78. The van der Waals surface area contributed by atoms with Crippen LogP contribution in [0, 0.1) is 0 Å². The molecule has 0 aliphatic rings. The lowest BCUT2D eigenvalue weighted by Gasteiger charge is -2.15. The van der Waals surface area contributed by atoms with Crippen LogP contribution in [-0.2, 0) is 6.54 Å². The van der Waals surface area contributed by atoms with E-state index in [1.807, 2.05) is 25.2 Å². The second kappa shape index (κ2) is 6.10. The minimum atomic E-state index is 0.188. The molecule has 0 aromatic heterocycles. The number of nitrogens with zero attached hydrogens (tertiary/aromatic N) is 1. The average molecular weight is 274 g/mol. The fourth-order valence-electron chi connectivity index (χ4n) is 1.37. The number of hydrogen-bond donors (Lipinski definition) is 1. The van der Waals surface area contributed by atoms with Crippen LogP contribution in [0.5, 0.6) is 5.75 Å². The number of rotatable bonds is 5. The number of ether oxygens (including phenoxy) is 1. The Morgan fingerprint density at radius 2 is 2.20 bits per heavy atom. The third-order valence-electron chi connectivity index (χ3n) is 2.15. The van der Waals surface area contributed by atoms with Gasteiger partial charge in [0.05, 0.1) is 18.2 Å². The molecule has 0 aliphatic heterocycles. The molecule has 0 saturated heterocycles. The Hall–Kier alpha value is -0.580. The number of hydrogen-bond acceptors (Lipinski definition) is 3. The molecule has 0 fully saturated rings. The fourth-order valence-corrected chi connectivity index (χ4v) is 1.96. The molecule has 0 amide bonds. The normalized spacial score (nSPS) is 10.7. The summed E-state index contributed by atoms with van der Waals surface area (Å²) >= 11 is 3.44. The van der Waals surface area contributed by atoms with Gasteiger partial charge >= 0.3 is 0 Å². The van der Waals surface area contributed by atoms with E-state index in [0.717, 1.165) is 16.8 Å². The topological polar surface area (TPSA) is 32.7 Å². The van der Waals surface area contributed by atoms with E-state index in [0.29, 0.717) is 6.54 Å². The quantitative estimate of drug-likeness (QED) is 0.890. The molecular weight excluding hydrogens is 258 g/mol. The fraction of sp³-hybridized carbons (Fsp3) is 0.455. The second-order valence-electron chi connectivity index (χ2n) is 3.43. The van der Waals surface area contributed by atoms with Crippen molar-refractivity contribution in [3.8, 4) is 5.75 Å². The van der Waals surface area contributed by atoms with Crippen molar-refractivity contribution < 1.29 is 9.84 Å². The Morgan fingerprint density at radius 1 is 1.47 bits per heavy atom. The van der Waals surface area contributed by atoms with Crippen molar-refractivity contribution in [3.05, 3.63) is 28.2 Å². The lowest BCUT2D eigenvalue weighted by atomic mass is 10.2. The van der Waals surface area contributed by atoms with E-state index < -0.39 is 0 Å². The maximum atomic E-state index is 8.78. The van der Waals surface area contributed by atoms with Crippen LogP contribution >= 0.6 is 15.9 Å². The number of likely N-dealkylation sites (N-methyl/N-ethyl adjacent to an activating group) is 1. The molecule has 15 heavy (non-hydrogen) atoms. The van der Waals surface area contributed by atoms with E-state index in [-0.39, 0.29) is 6.61 Å². The van der Waals surface area contributed by atoms with Gasteiger partial charge in [0, 0.05) is 13.1 Å². The summed E-state index contributed by atoms with van der Waals surface area (Å²) in [6.07, 6.45) is 0. The van der Waals surface area contributed by atoms with Gasteiger partial charge < -0.3 is 9.84 Å². The number of halogens is 1. The molecule has 4 heteroatoms. The predicted molar refractivity (Wildman–Crippen MR) is 64.1 cm³/mol. The highest BCUT2D eigenvalue weighted by atomic mass is 79.9. The van der Waals surface area contributed by atoms with E-state index in [1.54, 1.807) is 7.11 Å². The van der Waals surface area contributed by atoms with Gasteiger partial charge in [-0.05, 0) is 40.7 Å². The van der Waals surface area contributed by atoms with Crippen molar-refractivity contribution in [3.63, 3.8) is 0 Å². The molecule has 0 saturated carbocycles. The molecule has 0 bridgehead atoms. The minimum absolute atomic E-state index is 0.188. The molecule has 0 radical (unpaired) electrons. The van der Waals surface area contributed by atoms with Crippen LogP contribution in [0.2, 0.25) is 0 Å². The summed E-state index contributed by atoms with van der Waals surface area (Å²) in [7, 11) is 3.63. The molecule has 0 heterocycles. The molecule has 0 aliphatic carbocycles. The smallest absolute Gasteiger partial charge is 0.133 e. The van der Waals surface area contributed by atoms with Crippen LogP contribution in [-0.4, -0.2) is 37.3 Å². The maximum absolute atomic E-state index is 8.78. The van der Waals surface area contributed by atoms with Gasteiger partial charge in [0.15, 0.2) is 0 Å². The number of aliphatic hydroxyl groups is 1. The highest BCUT2D eigenvalue weighted by Gasteiger charge is 2.03. The maximum Gasteiger partial charge on any atom is 0.133 e. The molecular formula is C11H16BrNO2. The third-order valence-corrected chi connectivity index (χ3v) is 2.77. The Kier molecular flexibility index (Phi) is 5.08. The van der Waals surface area contributed by atoms with Crippen molar-refractivity contribution in [2.24, 2.45) is 0 Å². The van der Waals surface area contributed by atoms with Crippen molar-refractivity contribution in [1.82, 2.24) is 4.90 Å². The SMILES string of the molecule is COc1ccc(CN(C)CCO)cc1Br. The van der Waals surface area contributed by atoms with Gasteiger partial charge in [-0.2, -0.15) is 0 Å². The van der Waals surface area contributed by atoms with E-state index in [2.05, 4.69) is 20.8 Å². The molecule has 1 N–H and O–H groups in total. The average Bonchev–Trinajstić information content (AvgIpc) is 2.18. The first-order valence-electron chi connectivity index (χ1n) is 4.79. The molecule has 0 atom stereocenters. The Balaban J connectivity index is 2.66. The van der Waals surface area contributed by atoms with Crippen molar-refractivity contribution >= 4 is 15.9 Å². The number of methoxy groups -OCH3 is 1. The first-order chi connectivity index (χ1) is 7.17. The van der Waals surface area contributed by atoms with Gasteiger partial charge in [0.25, 0.3) is 0 Å². The van der Waals surface area contributed by atoms with Crippen LogP contribution in [0.4, 0.5) is 0 Å². The summed E-state index contributed by atoms with van der Waals surface area (Å²) < 4.78 is 6.11. The monoisotopic (exact) mass is 273 g/mol. The first-order valence-corrected chi connectivity index (χ1v) is 5.58. The predicted octanol–water partition coefficient (Wildman–Crippen LogP) is 1.88. The molecule has 0 unspecified atom stereocenters. The summed E-state index contributed by atoms with van der Waals surface area (Å²) in [6.45, 7) is 1.70. The molecule has 1 aromatic carbocycles. The summed E-state index contributed by atoms with van der Waals surface area (Å²) in [5.41, 5.74) is 1.19. The highest BCUT2D eigenvalue weighted by molar-refractivity contribution is 9.10. The van der Waals surface area contributed by atoms with Gasteiger partial charge in [-0.3, -0.25) is 4.90 Å². The largest absolute Gasteiger partial charge is 0.496 e. The van der Waals surface area contributed by atoms with Gasteiger partial charge in [-0.1, -0.05) is 6.07 Å². The summed E-state index contributed by atoms with van der Waals surface area (Å²) in [5.74, 6) is 0.837. The van der Waals surface area contributed by atoms with Gasteiger partial charge in [-0.15, -0.1) is 0 Å². The van der Waals surface area contributed by atoms with Gasteiger partial charge in [0.1, 0.15) is 5.75 Å². The zero-order chi connectivity index (χ0) is 11.3. The first kappa shape index (κ1) is 12.5. The molecule has 0 spiro atoms. The van der Waals surface area contributed by atoms with E-state index in [9.17, 15) is 0 Å². The molecule has 1 rings (SSSR count). The zero-order valence-corrected chi connectivity index (χ0v) is 10.6. The van der Waals surface area contributed by atoms with Crippen LogP contribution in [0.3, 0.4) is 0 Å². The minimum Gasteiger partial charge on any atom is -0.496 e. The van der Waals surface area contributed by atoms with Crippen molar-refractivity contribution in [2.75, 3.05) is 27.3 Å². The van der Waals surface area contributed by atoms with Crippen LogP contribution in [0.15, 0.2) is 22.7 Å². The van der Waals surface area contributed by atoms with Crippen LogP contribution in [0.25, 0.3) is 0 Å². The van der Waals surface area contributed by atoms with E-state index in [4.69, 9.17) is 9.84 Å². The zero-order valence-electron chi connectivity index (χ0n) is 9.03. The Bertz CT molecular complexity index is 317. The Morgan fingerprint density at radius 3 is 2.73 bits per heavy atom. The second-order valence-corrected chi connectivity index (χ2v) is 4.28. The molecule has 1 aromatic rings. The molecule has 84 valence electrons. The molecule has 3 nitrogen and oxygen atoms in total. The van der Waals surface area contributed by atoms with Crippen LogP contribution < -0.4 is 4.74 Å². The van der Waals surface area contributed by atoms with Crippen LogP contribution in [0.1, 0.15) is 5.56 Å². The number of benzene rings is 1. The summed E-state index contributed by atoms with van der Waals surface area (Å²) in [4.78, 5) is 2.06. The highest BCUT2D eigenvalue weighted by Crippen LogP contribution is 2.25. The third kappa shape index (κ3) is 3.81. The summed E-state index contributed by atoms with van der Waals surface area (Å²) in [6, 6.07) is 6.00. The standard InChI is InChI=1S/C11H16BrNO2/c1-13(5-6-14)8-9-3-4-11(15-2)10(12)7-9/h3-4,7,14H,5-6,8H2,1-2H3. The number of aliphatic hydroxyl groups excluding tert-OH is 1. The Labute approximate surface area is 98.8 Å². The van der Waals surface area contributed by atoms with Gasteiger partial charge in [0.2, 0.25) is 0 Å². The van der Waals surface area contributed by atoms with Crippen molar-refractivity contribution in [2.45, 2.75) is 6.54 Å². The van der Waals surface area contributed by atoms with Gasteiger partial charge in [-0.25, -0.2) is 0 Å². The van der Waals surface area contributed by atoms with E-state index >= 15 is 0 Å². The lowest BCUT2D eigenvalue weighted by Crippen LogP contribution is -2.21. The lowest BCUT2D eigenvalue weighted by molar-refractivity contribution is 0.217. The van der Waals surface area contributed by atoms with Crippen molar-refractivity contribution in [1.29, 1.82) is 0 Å².